The number of nitrogens with zero attached hydrogens (tertiary/aromatic N) is 2. The number of nitrogens with one attached hydrogen (secondary N) is 4. The summed E-state index contributed by atoms with van der Waals surface area (Å²) in [6.07, 6.45) is 5.61. The van der Waals surface area contributed by atoms with Crippen molar-refractivity contribution in [3.63, 3.8) is 0 Å². The van der Waals surface area contributed by atoms with Crippen molar-refractivity contribution in [1.29, 1.82) is 0 Å². The van der Waals surface area contributed by atoms with E-state index in [2.05, 4.69) is 25.8 Å². The Kier molecular flexibility index (Phi) is 15.9. The zero-order valence-corrected chi connectivity index (χ0v) is 39.8. The van der Waals surface area contributed by atoms with Crippen LogP contribution in [0.15, 0.2) is 132 Å². The number of aromatic amines is 1. The zero-order valence-electron chi connectivity index (χ0n) is 39.8. The van der Waals surface area contributed by atoms with Gasteiger partial charge in [0.1, 0.15) is 30.8 Å². The molecule has 3 amide bonds. The van der Waals surface area contributed by atoms with Crippen molar-refractivity contribution in [2.75, 3.05) is 44.6 Å². The van der Waals surface area contributed by atoms with Crippen LogP contribution in [-0.4, -0.2) is 94.6 Å². The fraction of sp³-hybridized carbons (Fsp3) is 0.357. The first-order valence-corrected chi connectivity index (χ1v) is 24.8. The number of carbonyl (C=O) groups is 3. The lowest BCUT2D eigenvalue weighted by molar-refractivity contribution is -0.0336. The molecule has 370 valence electrons. The second-order valence-electron chi connectivity index (χ2n) is 18.8. The van der Waals surface area contributed by atoms with Crippen LogP contribution < -0.4 is 26.2 Å². The fourth-order valence-electron chi connectivity index (χ4n) is 10.1. The molecule has 4 fully saturated rings. The van der Waals surface area contributed by atoms with Gasteiger partial charge in [-0.2, -0.15) is 0 Å². The number of piperidine rings is 3. The minimum Gasteiger partial charge on any atom is -0.506 e. The Balaban J connectivity index is 0.743. The summed E-state index contributed by atoms with van der Waals surface area (Å²) in [5.74, 6) is 0.491. The maximum atomic E-state index is 13.8. The topological polar surface area (TPSA) is 195 Å². The molecular weight excluding hydrogens is 901 g/mol. The van der Waals surface area contributed by atoms with Crippen molar-refractivity contribution in [1.82, 2.24) is 25.4 Å². The lowest BCUT2D eigenvalue weighted by Gasteiger charge is -2.43. The summed E-state index contributed by atoms with van der Waals surface area (Å²) >= 11 is 0. The molecule has 4 aliphatic rings. The first-order valence-electron chi connectivity index (χ1n) is 24.8. The normalized spacial score (nSPS) is 18.5. The molecule has 15 heteroatoms. The molecule has 6 N–H and O–H groups in total. The quantitative estimate of drug-likeness (QED) is 0.0452. The average molecular weight is 963 g/mol. The molecule has 2 unspecified atom stereocenters. The predicted molar refractivity (Wildman–Crippen MR) is 270 cm³/mol. The molecule has 5 aromatic carbocycles. The molecule has 6 aromatic rings. The van der Waals surface area contributed by atoms with E-state index in [4.69, 9.17) is 14.2 Å². The number of carbonyl (C=O) groups excluding carboxylic acids is 3. The Bertz CT molecular complexity index is 2810. The van der Waals surface area contributed by atoms with E-state index in [1.165, 1.54) is 12.1 Å². The number of aromatic hydroxyl groups is 1. The number of fused-ring (bicyclic) bond motifs is 4. The molecule has 71 heavy (non-hydrogen) atoms. The average Bonchev–Trinajstić information content (AvgIpc) is 3.40. The standard InChI is InChI=1S/C56H62N6O9/c63-48-24-22-46(47-23-25-51(65)59-53(47)48)49(64)34-57-33-37-16-20-43(21-17-37)58-55(67)62(44-11-5-2-6-12-44)30-31-69-54(66)41-18-14-38(15-19-41)36-70-45-13-7-10-42(32-45)52(40-8-3-1-4-9-40)60-56(68)71-50-35-61-28-26-39(50)27-29-61/h1,3-4,7-10,13-25,32,39,44,49-50,52,57,63-64H,2,5-6,11-12,26-31,33-36H2,(H,58,67)(H,59,65)(H,60,68)/t49?,50-,52?/m0/s1. The molecule has 4 heterocycles. The van der Waals surface area contributed by atoms with E-state index in [9.17, 15) is 29.4 Å². The van der Waals surface area contributed by atoms with Gasteiger partial charge < -0.3 is 50.3 Å². The van der Waals surface area contributed by atoms with Crippen LogP contribution in [0.2, 0.25) is 0 Å². The van der Waals surface area contributed by atoms with Gasteiger partial charge in [0, 0.05) is 42.8 Å². The largest absolute Gasteiger partial charge is 0.506 e. The van der Waals surface area contributed by atoms with Crippen molar-refractivity contribution in [2.24, 2.45) is 5.92 Å². The summed E-state index contributed by atoms with van der Waals surface area (Å²) in [6, 6.07) is 37.4. The number of aliphatic hydroxyl groups excluding tert-OH is 1. The number of esters is 1. The van der Waals surface area contributed by atoms with Crippen molar-refractivity contribution >= 4 is 34.7 Å². The van der Waals surface area contributed by atoms with Crippen molar-refractivity contribution in [2.45, 2.75) is 82.4 Å². The first-order chi connectivity index (χ1) is 34.6. The number of H-pyrrole nitrogens is 1. The molecule has 3 aliphatic heterocycles. The van der Waals surface area contributed by atoms with Crippen LogP contribution in [0, 0.1) is 5.92 Å². The molecule has 15 nitrogen and oxygen atoms in total. The van der Waals surface area contributed by atoms with Gasteiger partial charge in [-0.25, -0.2) is 14.4 Å². The summed E-state index contributed by atoms with van der Waals surface area (Å²) in [5.41, 5.74) is 5.12. The minimum absolute atomic E-state index is 0.0279. The SMILES string of the molecule is O=C(NC(c1ccccc1)c1cccc(OCc2ccc(C(=O)OCCN(C(=O)Nc3ccc(CNCC(O)c4ccc(O)c5[nH]c(=O)ccc45)cc3)C3CCCCC3)cc2)c1)O[C@H]1CN2CCC1CC2. The van der Waals surface area contributed by atoms with E-state index in [-0.39, 0.29) is 61.3 Å². The molecule has 1 aromatic heterocycles. The lowest BCUT2D eigenvalue weighted by atomic mass is 9.86. The van der Waals surface area contributed by atoms with Crippen LogP contribution in [0.3, 0.4) is 0 Å². The number of anilines is 1. The maximum absolute atomic E-state index is 13.8. The number of phenols is 1. The predicted octanol–water partition coefficient (Wildman–Crippen LogP) is 8.57. The molecule has 1 saturated carbocycles. The summed E-state index contributed by atoms with van der Waals surface area (Å²) in [7, 11) is 0. The third-order valence-electron chi connectivity index (χ3n) is 14.0. The summed E-state index contributed by atoms with van der Waals surface area (Å²) in [6.45, 7) is 4.14. The number of hydrogen-bond donors (Lipinski definition) is 6. The number of rotatable bonds is 18. The summed E-state index contributed by atoms with van der Waals surface area (Å²) < 4.78 is 17.9. The van der Waals surface area contributed by atoms with Crippen LogP contribution in [-0.2, 0) is 22.6 Å². The Morgan fingerprint density at radius 1 is 0.803 bits per heavy atom. The van der Waals surface area contributed by atoms with Gasteiger partial charge in [-0.05, 0) is 121 Å². The number of hydrogen-bond acceptors (Lipinski definition) is 11. The number of urea groups is 1. The van der Waals surface area contributed by atoms with Crippen LogP contribution in [0.1, 0.15) is 95.3 Å². The minimum atomic E-state index is -0.890. The van der Waals surface area contributed by atoms with Gasteiger partial charge in [0.2, 0.25) is 5.56 Å². The molecular formula is C56H62N6O9. The highest BCUT2D eigenvalue weighted by Gasteiger charge is 2.37. The van der Waals surface area contributed by atoms with Crippen molar-refractivity contribution in [3.05, 3.63) is 171 Å². The lowest BCUT2D eigenvalue weighted by Crippen LogP contribution is -2.52. The van der Waals surface area contributed by atoms with E-state index < -0.39 is 24.2 Å². The number of amides is 3. The Morgan fingerprint density at radius 3 is 2.30 bits per heavy atom. The van der Waals surface area contributed by atoms with Gasteiger partial charge >= 0.3 is 18.1 Å². The number of benzene rings is 5. The monoisotopic (exact) mass is 962 g/mol. The van der Waals surface area contributed by atoms with Gasteiger partial charge in [0.05, 0.1) is 29.8 Å². The van der Waals surface area contributed by atoms with Crippen LogP contribution >= 0.6 is 0 Å². The van der Waals surface area contributed by atoms with Crippen molar-refractivity contribution in [3.8, 4) is 11.5 Å². The number of aliphatic hydroxyl groups is 1. The van der Waals surface area contributed by atoms with E-state index in [0.717, 1.165) is 86.8 Å². The zero-order chi connectivity index (χ0) is 49.1. The van der Waals surface area contributed by atoms with E-state index >= 15 is 0 Å². The van der Waals surface area contributed by atoms with E-state index in [1.807, 2.05) is 91.0 Å². The molecule has 0 spiro atoms. The van der Waals surface area contributed by atoms with Gasteiger partial charge in [-0.15, -0.1) is 0 Å². The summed E-state index contributed by atoms with van der Waals surface area (Å²) in [4.78, 5) is 58.9. The molecule has 10 rings (SSSR count). The number of phenolic OH excluding ortho intramolecular Hbond substituents is 1. The van der Waals surface area contributed by atoms with E-state index in [1.54, 1.807) is 29.2 Å². The van der Waals surface area contributed by atoms with Gasteiger partial charge in [0.25, 0.3) is 0 Å². The number of pyridine rings is 1. The molecule has 3 atom stereocenters. The Morgan fingerprint density at radius 2 is 1.55 bits per heavy atom. The third kappa shape index (κ3) is 12.6. The Labute approximate surface area is 413 Å². The highest BCUT2D eigenvalue weighted by Crippen LogP contribution is 2.32. The number of alkyl carbamates (subject to hydrolysis) is 1. The smallest absolute Gasteiger partial charge is 0.408 e. The van der Waals surface area contributed by atoms with Gasteiger partial charge in [-0.1, -0.05) is 92.1 Å². The molecule has 1 aliphatic carbocycles. The van der Waals surface area contributed by atoms with Crippen molar-refractivity contribution < 1.29 is 38.8 Å². The van der Waals surface area contributed by atoms with Crippen LogP contribution in [0.25, 0.3) is 10.9 Å². The van der Waals surface area contributed by atoms with Gasteiger partial charge in [-0.3, -0.25) is 9.69 Å². The molecule has 2 bridgehead atoms. The third-order valence-corrected chi connectivity index (χ3v) is 14.0. The second-order valence-corrected chi connectivity index (χ2v) is 18.8. The number of aromatic nitrogens is 1. The van der Waals surface area contributed by atoms with E-state index in [0.29, 0.717) is 40.4 Å². The fourth-order valence-corrected chi connectivity index (χ4v) is 10.1. The highest BCUT2D eigenvalue weighted by molar-refractivity contribution is 5.90. The van der Waals surface area contributed by atoms with Crippen LogP contribution in [0.4, 0.5) is 15.3 Å². The second kappa shape index (κ2) is 23.1. The Hall–Kier alpha value is -7.20. The maximum Gasteiger partial charge on any atom is 0.408 e. The molecule has 3 saturated heterocycles. The van der Waals surface area contributed by atoms with Gasteiger partial charge in [0.15, 0.2) is 0 Å². The summed E-state index contributed by atoms with van der Waals surface area (Å²) in [5, 5.41) is 31.1. The van der Waals surface area contributed by atoms with Crippen LogP contribution in [0.5, 0.6) is 11.5 Å². The number of ether oxygens (including phenoxy) is 3. The first kappa shape index (κ1) is 48.8. The highest BCUT2D eigenvalue weighted by atomic mass is 16.6. The molecule has 0 radical (unpaired) electrons.